The van der Waals surface area contributed by atoms with E-state index in [0.717, 1.165) is 31.2 Å². The van der Waals surface area contributed by atoms with E-state index in [-0.39, 0.29) is 23.5 Å². The number of hydrogen-bond donors (Lipinski definition) is 0. The van der Waals surface area contributed by atoms with Gasteiger partial charge in [0.25, 0.3) is 0 Å². The summed E-state index contributed by atoms with van der Waals surface area (Å²) in [4.78, 5) is 12.5. The minimum atomic E-state index is -1.01. The van der Waals surface area contributed by atoms with Crippen LogP contribution in [0.2, 0.25) is 0 Å². The first-order valence-electron chi connectivity index (χ1n) is 11.0. The van der Waals surface area contributed by atoms with Crippen molar-refractivity contribution in [3.8, 4) is 5.75 Å². The molecular formula is C24H30F2O3. The van der Waals surface area contributed by atoms with Crippen LogP contribution in [0.15, 0.2) is 12.1 Å². The molecule has 5 heteroatoms. The highest BCUT2D eigenvalue weighted by atomic mass is 19.1. The van der Waals surface area contributed by atoms with Gasteiger partial charge < -0.3 is 9.47 Å². The highest BCUT2D eigenvalue weighted by Crippen LogP contribution is 2.58. The van der Waals surface area contributed by atoms with Gasteiger partial charge in [-0.3, -0.25) is 0 Å². The number of alkyl halides is 1. The van der Waals surface area contributed by atoms with Crippen molar-refractivity contribution in [1.82, 2.24) is 0 Å². The second-order valence-electron chi connectivity index (χ2n) is 10.8. The van der Waals surface area contributed by atoms with E-state index in [1.807, 2.05) is 0 Å². The van der Waals surface area contributed by atoms with Crippen molar-refractivity contribution in [2.24, 2.45) is 17.8 Å². The largest absolute Gasteiger partial charge is 0.489 e. The van der Waals surface area contributed by atoms with Crippen molar-refractivity contribution in [3.63, 3.8) is 0 Å². The molecular weight excluding hydrogens is 374 g/mol. The van der Waals surface area contributed by atoms with Gasteiger partial charge in [-0.05, 0) is 101 Å². The van der Waals surface area contributed by atoms with Crippen molar-refractivity contribution < 1.29 is 23.0 Å². The van der Waals surface area contributed by atoms with Crippen molar-refractivity contribution in [2.45, 2.75) is 89.0 Å². The summed E-state index contributed by atoms with van der Waals surface area (Å²) in [5.41, 5.74) is -0.819. The zero-order valence-corrected chi connectivity index (χ0v) is 17.5. The minimum absolute atomic E-state index is 0.0260. The Balaban J connectivity index is 1.42. The van der Waals surface area contributed by atoms with Crippen LogP contribution in [-0.2, 0) is 4.74 Å². The lowest BCUT2D eigenvalue weighted by Crippen LogP contribution is -2.56. The summed E-state index contributed by atoms with van der Waals surface area (Å²) in [6.45, 7) is 5.31. The molecule has 5 fully saturated rings. The van der Waals surface area contributed by atoms with Crippen LogP contribution in [0.3, 0.4) is 0 Å². The normalized spacial score (nSPS) is 35.6. The SMILES string of the molecule is CC(C)(C)OC(=O)c1cc(C2CC2)c(O[C@H]2C3CC4CC2C[C@](F)(C4)C3)cc1F. The molecule has 0 radical (unpaired) electrons. The summed E-state index contributed by atoms with van der Waals surface area (Å²) in [5.74, 6) is 0.506. The maximum atomic E-state index is 15.0. The standard InChI is InChI=1S/C24H30F2O3/c1-23(2,3)29-22(27)18-8-17(14-4-5-14)20(9-19(18)25)28-21-15-6-13-7-16(21)12-24(26,10-13)11-15/h8-9,13-16,21H,4-7,10-12H2,1-3H3/t13?,15?,16?,21-,24-. The first-order chi connectivity index (χ1) is 13.6. The molecule has 0 amide bonds. The number of esters is 1. The van der Waals surface area contributed by atoms with E-state index in [1.54, 1.807) is 26.8 Å². The van der Waals surface area contributed by atoms with Crippen LogP contribution in [0, 0.1) is 23.6 Å². The number of carbonyl (C=O) groups excluding carboxylic acids is 1. The van der Waals surface area contributed by atoms with Gasteiger partial charge in [-0.25, -0.2) is 13.6 Å². The predicted octanol–water partition coefficient (Wildman–Crippen LogP) is 5.95. The molecule has 0 N–H and O–H groups in total. The highest BCUT2D eigenvalue weighted by molar-refractivity contribution is 5.90. The summed E-state index contributed by atoms with van der Waals surface area (Å²) in [6.07, 6.45) is 5.88. The second kappa shape index (κ2) is 6.42. The molecule has 6 rings (SSSR count). The number of rotatable bonds is 4. The second-order valence-corrected chi connectivity index (χ2v) is 10.8. The van der Waals surface area contributed by atoms with Crippen LogP contribution in [-0.4, -0.2) is 23.3 Å². The van der Waals surface area contributed by atoms with Crippen molar-refractivity contribution in [2.75, 3.05) is 0 Å². The maximum Gasteiger partial charge on any atom is 0.341 e. The molecule has 2 atom stereocenters. The van der Waals surface area contributed by atoms with Gasteiger partial charge >= 0.3 is 5.97 Å². The molecule has 4 bridgehead atoms. The average molecular weight is 404 g/mol. The molecule has 5 saturated carbocycles. The molecule has 1 aromatic rings. The van der Waals surface area contributed by atoms with Crippen molar-refractivity contribution in [1.29, 1.82) is 0 Å². The Morgan fingerprint density at radius 2 is 1.76 bits per heavy atom. The average Bonchev–Trinajstić information content (AvgIpc) is 3.40. The fraction of sp³-hybridized carbons (Fsp3) is 0.708. The van der Waals surface area contributed by atoms with E-state index in [4.69, 9.17) is 9.47 Å². The van der Waals surface area contributed by atoms with Crippen LogP contribution >= 0.6 is 0 Å². The van der Waals surface area contributed by atoms with E-state index < -0.39 is 23.1 Å². The molecule has 0 saturated heterocycles. The van der Waals surface area contributed by atoms with Gasteiger partial charge in [0.05, 0.1) is 5.56 Å². The lowest BCUT2D eigenvalue weighted by atomic mass is 9.53. The van der Waals surface area contributed by atoms with Gasteiger partial charge in [0, 0.05) is 6.07 Å². The quantitative estimate of drug-likeness (QED) is 0.582. The highest BCUT2D eigenvalue weighted by Gasteiger charge is 2.57. The summed E-state index contributed by atoms with van der Waals surface area (Å²) in [5, 5.41) is 0. The Labute approximate surface area is 171 Å². The monoisotopic (exact) mass is 404 g/mol. The predicted molar refractivity (Wildman–Crippen MR) is 105 cm³/mol. The fourth-order valence-electron chi connectivity index (χ4n) is 6.09. The number of halogens is 2. The molecule has 3 nitrogen and oxygen atoms in total. The Hall–Kier alpha value is -1.65. The zero-order chi connectivity index (χ0) is 20.6. The van der Waals surface area contributed by atoms with Gasteiger partial charge in [0.1, 0.15) is 28.9 Å². The summed E-state index contributed by atoms with van der Waals surface area (Å²) < 4.78 is 41.7. The topological polar surface area (TPSA) is 35.5 Å². The van der Waals surface area contributed by atoms with Crippen LogP contribution in [0.5, 0.6) is 5.75 Å². The summed E-state index contributed by atoms with van der Waals surface area (Å²) in [7, 11) is 0. The first-order valence-corrected chi connectivity index (χ1v) is 11.0. The fourth-order valence-corrected chi connectivity index (χ4v) is 6.09. The van der Waals surface area contributed by atoms with Crippen molar-refractivity contribution >= 4 is 5.97 Å². The maximum absolute atomic E-state index is 15.0. The van der Waals surface area contributed by atoms with Crippen LogP contribution < -0.4 is 4.74 Å². The number of hydrogen-bond acceptors (Lipinski definition) is 3. The lowest BCUT2D eigenvalue weighted by Gasteiger charge is -2.56. The Kier molecular flexibility index (Phi) is 4.28. The molecule has 2 unspecified atom stereocenters. The third-order valence-corrected chi connectivity index (χ3v) is 7.11. The van der Waals surface area contributed by atoms with Gasteiger partial charge in [0.2, 0.25) is 0 Å². The van der Waals surface area contributed by atoms with E-state index in [9.17, 15) is 13.6 Å². The third-order valence-electron chi connectivity index (χ3n) is 7.11. The molecule has 0 heterocycles. The van der Waals surface area contributed by atoms with E-state index in [0.29, 0.717) is 36.8 Å². The van der Waals surface area contributed by atoms with Crippen LogP contribution in [0.1, 0.15) is 87.6 Å². The molecule has 1 aromatic carbocycles. The van der Waals surface area contributed by atoms with E-state index >= 15 is 0 Å². The molecule has 29 heavy (non-hydrogen) atoms. The molecule has 0 aliphatic heterocycles. The Bertz CT molecular complexity index is 823. The van der Waals surface area contributed by atoms with E-state index in [1.165, 1.54) is 6.07 Å². The molecule has 0 spiro atoms. The molecule has 5 aliphatic rings. The molecule has 158 valence electrons. The lowest BCUT2D eigenvalue weighted by molar-refractivity contribution is -0.134. The van der Waals surface area contributed by atoms with E-state index in [2.05, 4.69) is 0 Å². The van der Waals surface area contributed by atoms with Gasteiger partial charge in [-0.15, -0.1) is 0 Å². The molecule has 5 aliphatic carbocycles. The smallest absolute Gasteiger partial charge is 0.341 e. The summed E-state index contributed by atoms with van der Waals surface area (Å²) >= 11 is 0. The van der Waals surface area contributed by atoms with Crippen LogP contribution in [0.4, 0.5) is 8.78 Å². The minimum Gasteiger partial charge on any atom is -0.489 e. The first kappa shape index (κ1) is 19.3. The van der Waals surface area contributed by atoms with Crippen LogP contribution in [0.25, 0.3) is 0 Å². The Morgan fingerprint density at radius 3 is 2.31 bits per heavy atom. The number of carbonyl (C=O) groups is 1. The third kappa shape index (κ3) is 3.66. The van der Waals surface area contributed by atoms with Gasteiger partial charge in [0.15, 0.2) is 0 Å². The number of ether oxygens (including phenoxy) is 2. The Morgan fingerprint density at radius 1 is 1.10 bits per heavy atom. The summed E-state index contributed by atoms with van der Waals surface area (Å²) in [6, 6.07) is 2.99. The van der Waals surface area contributed by atoms with Gasteiger partial charge in [-0.1, -0.05) is 0 Å². The van der Waals surface area contributed by atoms with Crippen molar-refractivity contribution in [3.05, 3.63) is 29.1 Å². The van der Waals surface area contributed by atoms with Gasteiger partial charge in [-0.2, -0.15) is 0 Å². The zero-order valence-electron chi connectivity index (χ0n) is 17.5. The molecule has 0 aromatic heterocycles. The number of benzene rings is 1.